The van der Waals surface area contributed by atoms with E-state index < -0.39 is 0 Å². The number of hydrogen-bond acceptors (Lipinski definition) is 6. The number of anilines is 1. The molecule has 2 heterocycles. The Morgan fingerprint density at radius 1 is 1.22 bits per heavy atom. The Morgan fingerprint density at radius 2 is 1.96 bits per heavy atom. The molecule has 0 atom stereocenters. The number of nitriles is 2. The van der Waals surface area contributed by atoms with E-state index in [1.54, 1.807) is 0 Å². The Morgan fingerprint density at radius 3 is 2.70 bits per heavy atom. The number of amides is 1. The summed E-state index contributed by atoms with van der Waals surface area (Å²) in [6.07, 6.45) is 5.32. The molecule has 27 heavy (non-hydrogen) atoms. The summed E-state index contributed by atoms with van der Waals surface area (Å²) in [4.78, 5) is 18.1. The number of hydrogen-bond donors (Lipinski definition) is 1. The van der Waals surface area contributed by atoms with Gasteiger partial charge in [-0.15, -0.1) is 11.3 Å². The summed E-state index contributed by atoms with van der Waals surface area (Å²) in [6.45, 7) is 3.74. The molecule has 1 amide bonds. The highest BCUT2D eigenvalue weighted by Gasteiger charge is 2.21. The van der Waals surface area contributed by atoms with Gasteiger partial charge in [0.25, 0.3) is 0 Å². The molecule has 0 aromatic carbocycles. The van der Waals surface area contributed by atoms with Gasteiger partial charge < -0.3 is 5.32 Å². The molecule has 0 fully saturated rings. The Hall–Kier alpha value is -2.35. The van der Waals surface area contributed by atoms with E-state index in [0.717, 1.165) is 42.5 Å². The van der Waals surface area contributed by atoms with E-state index in [2.05, 4.69) is 22.4 Å². The number of nitrogens with one attached hydrogen (secondary N) is 1. The molecule has 0 radical (unpaired) electrons. The maximum absolute atomic E-state index is 12.5. The quantitative estimate of drug-likeness (QED) is 0.607. The Labute approximate surface area is 167 Å². The van der Waals surface area contributed by atoms with Gasteiger partial charge in [0.1, 0.15) is 22.2 Å². The summed E-state index contributed by atoms with van der Waals surface area (Å²) in [6, 6.07) is 6.30. The van der Waals surface area contributed by atoms with E-state index in [1.165, 1.54) is 34.4 Å². The minimum atomic E-state index is -0.183. The smallest absolute Gasteiger partial charge is 0.235 e. The lowest BCUT2D eigenvalue weighted by Gasteiger charge is -2.07. The summed E-state index contributed by atoms with van der Waals surface area (Å²) in [5, 5.41) is 23.0. The lowest BCUT2D eigenvalue weighted by Crippen LogP contribution is -2.14. The van der Waals surface area contributed by atoms with E-state index in [9.17, 15) is 15.3 Å². The molecular weight excluding hydrogens is 376 g/mol. The van der Waals surface area contributed by atoms with Crippen molar-refractivity contribution in [2.24, 2.45) is 0 Å². The van der Waals surface area contributed by atoms with Crippen LogP contribution in [0.3, 0.4) is 0 Å². The third-order valence-corrected chi connectivity index (χ3v) is 6.73. The molecule has 1 aliphatic rings. The minimum Gasteiger partial charge on any atom is -0.316 e. The van der Waals surface area contributed by atoms with Crippen molar-refractivity contribution < 1.29 is 4.79 Å². The van der Waals surface area contributed by atoms with Crippen molar-refractivity contribution in [2.45, 2.75) is 51.0 Å². The number of pyridine rings is 1. The van der Waals surface area contributed by atoms with Gasteiger partial charge in [-0.25, -0.2) is 4.98 Å². The number of rotatable bonds is 4. The van der Waals surface area contributed by atoms with E-state index in [4.69, 9.17) is 0 Å². The first-order chi connectivity index (χ1) is 13.0. The van der Waals surface area contributed by atoms with Gasteiger partial charge in [0, 0.05) is 10.6 Å². The molecule has 0 spiro atoms. The Balaban J connectivity index is 1.73. The molecule has 0 bridgehead atoms. The van der Waals surface area contributed by atoms with Crippen molar-refractivity contribution in [3.63, 3.8) is 0 Å². The fourth-order valence-electron chi connectivity index (χ4n) is 3.29. The number of aryl methyl sites for hydroxylation is 3. The molecule has 7 heteroatoms. The van der Waals surface area contributed by atoms with E-state index >= 15 is 0 Å². The molecule has 138 valence electrons. The highest BCUT2D eigenvalue weighted by molar-refractivity contribution is 8.00. The van der Waals surface area contributed by atoms with Gasteiger partial charge >= 0.3 is 0 Å². The first-order valence-corrected chi connectivity index (χ1v) is 10.7. The van der Waals surface area contributed by atoms with Crippen LogP contribution in [-0.2, 0) is 17.6 Å². The minimum absolute atomic E-state index is 0.151. The standard InChI is InChI=1S/C20H20N4OS2/c1-12-8-13(2)23-19(15(12)9-21)26-11-18(25)24-20-16(10-22)14-6-4-3-5-7-17(14)27-20/h8H,3-7,11H2,1-2H3,(H,24,25). The van der Waals surface area contributed by atoms with Crippen molar-refractivity contribution >= 4 is 34.0 Å². The van der Waals surface area contributed by atoms with Crippen molar-refractivity contribution in [3.8, 4) is 12.1 Å². The monoisotopic (exact) mass is 396 g/mol. The normalized spacial score (nSPS) is 13.2. The van der Waals surface area contributed by atoms with Gasteiger partial charge in [0.15, 0.2) is 0 Å². The second-order valence-electron chi connectivity index (χ2n) is 6.59. The highest BCUT2D eigenvalue weighted by Crippen LogP contribution is 2.37. The zero-order valence-corrected chi connectivity index (χ0v) is 17.0. The van der Waals surface area contributed by atoms with E-state index in [-0.39, 0.29) is 11.7 Å². The van der Waals surface area contributed by atoms with Crippen molar-refractivity contribution in [2.75, 3.05) is 11.1 Å². The summed E-state index contributed by atoms with van der Waals surface area (Å²) in [5.74, 6) is -0.0318. The molecular formula is C20H20N4OS2. The Bertz CT molecular complexity index is 966. The molecule has 1 aliphatic carbocycles. The van der Waals surface area contributed by atoms with Crippen LogP contribution in [0.2, 0.25) is 0 Å². The van der Waals surface area contributed by atoms with Crippen molar-refractivity contribution in [3.05, 3.63) is 38.9 Å². The van der Waals surface area contributed by atoms with Gasteiger partial charge in [-0.05, 0) is 56.7 Å². The zero-order chi connectivity index (χ0) is 19.4. The summed E-state index contributed by atoms with van der Waals surface area (Å²) >= 11 is 2.79. The molecule has 0 saturated heterocycles. The van der Waals surface area contributed by atoms with Crippen LogP contribution in [0.15, 0.2) is 11.1 Å². The third-order valence-electron chi connectivity index (χ3n) is 4.55. The van der Waals surface area contributed by atoms with Crippen LogP contribution in [0.25, 0.3) is 0 Å². The summed E-state index contributed by atoms with van der Waals surface area (Å²) in [5.41, 5.74) is 3.94. The summed E-state index contributed by atoms with van der Waals surface area (Å²) < 4.78 is 0. The number of carbonyl (C=O) groups is 1. The molecule has 2 aromatic heterocycles. The predicted octanol–water partition coefficient (Wildman–Crippen LogP) is 4.50. The zero-order valence-electron chi connectivity index (χ0n) is 15.4. The second-order valence-corrected chi connectivity index (χ2v) is 8.66. The van der Waals surface area contributed by atoms with Gasteiger partial charge in [0.05, 0.1) is 16.9 Å². The average Bonchev–Trinajstić information content (AvgIpc) is 2.79. The molecule has 2 aromatic rings. The number of carbonyl (C=O) groups excluding carboxylic acids is 1. The van der Waals surface area contributed by atoms with Crippen molar-refractivity contribution in [1.82, 2.24) is 4.98 Å². The largest absolute Gasteiger partial charge is 0.316 e. The van der Waals surface area contributed by atoms with Crippen LogP contribution >= 0.6 is 23.1 Å². The maximum atomic E-state index is 12.5. The lowest BCUT2D eigenvalue weighted by atomic mass is 10.1. The summed E-state index contributed by atoms with van der Waals surface area (Å²) in [7, 11) is 0. The number of aromatic nitrogens is 1. The Kier molecular flexibility index (Phi) is 6.15. The van der Waals surface area contributed by atoms with Crippen molar-refractivity contribution in [1.29, 1.82) is 10.5 Å². The van der Waals surface area contributed by atoms with Gasteiger partial charge in [0.2, 0.25) is 5.91 Å². The SMILES string of the molecule is Cc1cc(C)c(C#N)c(SCC(=O)Nc2sc3c(c2C#N)CCCCC3)n1. The van der Waals surface area contributed by atoms with Crippen LogP contribution in [0, 0.1) is 36.5 Å². The molecule has 0 saturated carbocycles. The van der Waals surface area contributed by atoms with E-state index in [1.807, 2.05) is 19.9 Å². The van der Waals surface area contributed by atoms with Gasteiger partial charge in [-0.3, -0.25) is 4.79 Å². The second kappa shape index (κ2) is 8.56. The van der Waals surface area contributed by atoms with E-state index in [0.29, 0.717) is 21.2 Å². The molecule has 0 unspecified atom stereocenters. The number of thiophene rings is 1. The fraction of sp³-hybridized carbons (Fsp3) is 0.400. The first-order valence-electron chi connectivity index (χ1n) is 8.89. The van der Waals surface area contributed by atoms with Crippen LogP contribution in [0.1, 0.15) is 52.1 Å². The van der Waals surface area contributed by atoms with Crippen LogP contribution in [0.4, 0.5) is 5.00 Å². The number of fused-ring (bicyclic) bond motifs is 1. The molecule has 3 rings (SSSR count). The third kappa shape index (κ3) is 4.32. The van der Waals surface area contributed by atoms with Crippen LogP contribution in [0.5, 0.6) is 0 Å². The topological polar surface area (TPSA) is 89.6 Å². The average molecular weight is 397 g/mol. The number of thioether (sulfide) groups is 1. The fourth-order valence-corrected chi connectivity index (χ4v) is 5.44. The maximum Gasteiger partial charge on any atom is 0.235 e. The van der Waals surface area contributed by atoms with Crippen LogP contribution in [-0.4, -0.2) is 16.6 Å². The molecule has 1 N–H and O–H groups in total. The predicted molar refractivity (Wildman–Crippen MR) is 108 cm³/mol. The first kappa shape index (κ1) is 19.4. The molecule has 5 nitrogen and oxygen atoms in total. The van der Waals surface area contributed by atoms with Crippen LogP contribution < -0.4 is 5.32 Å². The molecule has 0 aliphatic heterocycles. The number of nitrogens with zero attached hydrogens (tertiary/aromatic N) is 3. The lowest BCUT2D eigenvalue weighted by molar-refractivity contribution is -0.113. The van der Waals surface area contributed by atoms with Gasteiger partial charge in [-0.1, -0.05) is 18.2 Å². The highest BCUT2D eigenvalue weighted by atomic mass is 32.2. The van der Waals surface area contributed by atoms with Gasteiger partial charge in [-0.2, -0.15) is 10.5 Å².